The number of nitrogens with zero attached hydrogens (tertiary/aromatic N) is 1. The molecule has 1 fully saturated rings. The molecule has 13 heavy (non-hydrogen) atoms. The summed E-state index contributed by atoms with van der Waals surface area (Å²) >= 11 is 0. The number of nitrogens with one attached hydrogen (secondary N) is 1. The van der Waals surface area contributed by atoms with Gasteiger partial charge in [0.2, 0.25) is 0 Å². The van der Waals surface area contributed by atoms with Crippen LogP contribution in [0, 0.1) is 0 Å². The number of carbonyl (C=O) groups excluding carboxylic acids is 1. The monoisotopic (exact) mass is 188 g/mol. The lowest BCUT2D eigenvalue weighted by molar-refractivity contribution is -0.114. The summed E-state index contributed by atoms with van der Waals surface area (Å²) in [6.07, 6.45) is 0. The third kappa shape index (κ3) is 18.5. The van der Waals surface area contributed by atoms with Gasteiger partial charge >= 0.3 is 0 Å². The van der Waals surface area contributed by atoms with Gasteiger partial charge in [-0.25, -0.2) is 0 Å². The first-order valence-electron chi connectivity index (χ1n) is 4.99. The Balaban J connectivity index is 0. The second-order valence-corrected chi connectivity index (χ2v) is 2.96. The van der Waals surface area contributed by atoms with Gasteiger partial charge in [0, 0.05) is 26.2 Å². The third-order valence-corrected chi connectivity index (χ3v) is 1.34. The standard InChI is InChI=1S/C5H12N2.C3H6O.C2H6/c1-7-4-2-6-3-5-7;1-3(2)4;1-2/h6H,2-5H2,1H3;1-2H3;1-2H3. The quantitative estimate of drug-likeness (QED) is 0.619. The van der Waals surface area contributed by atoms with E-state index >= 15 is 0 Å². The number of piperazine rings is 1. The molecule has 1 saturated heterocycles. The van der Waals surface area contributed by atoms with E-state index in [9.17, 15) is 4.79 Å². The summed E-state index contributed by atoms with van der Waals surface area (Å²) in [5.74, 6) is 0.167. The molecule has 0 atom stereocenters. The van der Waals surface area contributed by atoms with E-state index in [1.54, 1.807) is 0 Å². The topological polar surface area (TPSA) is 32.3 Å². The van der Waals surface area contributed by atoms with Crippen LogP contribution in [-0.2, 0) is 4.79 Å². The molecule has 0 spiro atoms. The van der Waals surface area contributed by atoms with Gasteiger partial charge < -0.3 is 15.0 Å². The Morgan fingerprint density at radius 1 is 1.15 bits per heavy atom. The smallest absolute Gasteiger partial charge is 0.126 e. The SMILES string of the molecule is CC.CC(C)=O.CN1CCNCC1. The number of Topliss-reactive ketones (excluding diaryl/α,β-unsaturated/α-hetero) is 1. The molecule has 0 bridgehead atoms. The fraction of sp³-hybridized carbons (Fsp3) is 0.900. The summed E-state index contributed by atoms with van der Waals surface area (Å²) in [5.41, 5.74) is 0. The Bertz CT molecular complexity index is 105. The predicted molar refractivity (Wildman–Crippen MR) is 58.1 cm³/mol. The van der Waals surface area contributed by atoms with E-state index in [4.69, 9.17) is 0 Å². The van der Waals surface area contributed by atoms with Gasteiger partial charge in [0.05, 0.1) is 0 Å². The average molecular weight is 188 g/mol. The van der Waals surface area contributed by atoms with Crippen molar-refractivity contribution in [2.75, 3.05) is 33.2 Å². The molecule has 0 aromatic carbocycles. The maximum Gasteiger partial charge on any atom is 0.126 e. The lowest BCUT2D eigenvalue weighted by atomic mass is 10.4. The zero-order valence-corrected chi connectivity index (χ0v) is 9.68. The molecular formula is C10H24N2O. The third-order valence-electron chi connectivity index (χ3n) is 1.34. The Morgan fingerprint density at radius 2 is 1.46 bits per heavy atom. The number of likely N-dealkylation sites (N-methyl/N-ethyl adjacent to an activating group) is 1. The highest BCUT2D eigenvalue weighted by molar-refractivity contribution is 5.72. The van der Waals surface area contributed by atoms with E-state index in [-0.39, 0.29) is 5.78 Å². The number of rotatable bonds is 0. The zero-order valence-electron chi connectivity index (χ0n) is 9.68. The summed E-state index contributed by atoms with van der Waals surface area (Å²) in [5, 5.41) is 3.27. The minimum Gasteiger partial charge on any atom is -0.314 e. The van der Waals surface area contributed by atoms with E-state index < -0.39 is 0 Å². The Labute approximate surface area is 82.5 Å². The van der Waals surface area contributed by atoms with Gasteiger partial charge in [-0.15, -0.1) is 0 Å². The maximum absolute atomic E-state index is 9.44. The van der Waals surface area contributed by atoms with Gasteiger partial charge in [0.1, 0.15) is 5.78 Å². The van der Waals surface area contributed by atoms with Gasteiger partial charge in [-0.1, -0.05) is 13.8 Å². The van der Waals surface area contributed by atoms with Crippen LogP contribution in [0.25, 0.3) is 0 Å². The zero-order chi connectivity index (χ0) is 10.7. The minimum atomic E-state index is 0.167. The van der Waals surface area contributed by atoms with Crippen molar-refractivity contribution in [1.82, 2.24) is 10.2 Å². The highest BCUT2D eigenvalue weighted by Gasteiger charge is 2.01. The van der Waals surface area contributed by atoms with E-state index in [0.29, 0.717) is 0 Å². The molecule has 1 rings (SSSR count). The van der Waals surface area contributed by atoms with Crippen LogP contribution in [0.4, 0.5) is 0 Å². The van der Waals surface area contributed by atoms with Gasteiger partial charge in [-0.05, 0) is 20.9 Å². The summed E-state index contributed by atoms with van der Waals surface area (Å²) in [7, 11) is 2.15. The van der Waals surface area contributed by atoms with Crippen LogP contribution in [0.5, 0.6) is 0 Å². The molecular weight excluding hydrogens is 164 g/mol. The summed E-state index contributed by atoms with van der Waals surface area (Å²) in [4.78, 5) is 11.8. The molecule has 0 radical (unpaired) electrons. The number of ketones is 1. The van der Waals surface area contributed by atoms with E-state index in [2.05, 4.69) is 17.3 Å². The van der Waals surface area contributed by atoms with Crippen molar-refractivity contribution >= 4 is 5.78 Å². The molecule has 3 nitrogen and oxygen atoms in total. The Hall–Kier alpha value is -0.410. The Kier molecular flexibility index (Phi) is 13.4. The first kappa shape index (κ1) is 15.1. The normalized spacial score (nSPS) is 16.1. The second kappa shape index (κ2) is 11.6. The first-order chi connectivity index (χ1) is 6.13. The first-order valence-corrected chi connectivity index (χ1v) is 4.99. The van der Waals surface area contributed by atoms with Crippen molar-refractivity contribution in [2.24, 2.45) is 0 Å². The molecule has 1 aliphatic heterocycles. The average Bonchev–Trinajstić information content (AvgIpc) is 2.08. The lowest BCUT2D eigenvalue weighted by Gasteiger charge is -2.21. The number of hydrogen-bond acceptors (Lipinski definition) is 3. The molecule has 3 heteroatoms. The van der Waals surface area contributed by atoms with Crippen LogP contribution in [0.15, 0.2) is 0 Å². The summed E-state index contributed by atoms with van der Waals surface area (Å²) < 4.78 is 0. The van der Waals surface area contributed by atoms with Gasteiger partial charge in [0.25, 0.3) is 0 Å². The highest BCUT2D eigenvalue weighted by atomic mass is 16.1. The molecule has 1 N–H and O–H groups in total. The largest absolute Gasteiger partial charge is 0.314 e. The predicted octanol–water partition coefficient (Wildman–Crippen LogP) is 1.14. The minimum absolute atomic E-state index is 0.167. The van der Waals surface area contributed by atoms with E-state index in [1.165, 1.54) is 26.9 Å². The maximum atomic E-state index is 9.44. The Morgan fingerprint density at radius 3 is 1.62 bits per heavy atom. The van der Waals surface area contributed by atoms with Gasteiger partial charge in [-0.2, -0.15) is 0 Å². The molecule has 1 aliphatic rings. The molecule has 1 heterocycles. The molecule has 0 amide bonds. The van der Waals surface area contributed by atoms with Crippen molar-refractivity contribution in [3.8, 4) is 0 Å². The van der Waals surface area contributed by atoms with Crippen LogP contribution in [0.2, 0.25) is 0 Å². The van der Waals surface area contributed by atoms with Crippen molar-refractivity contribution in [3.63, 3.8) is 0 Å². The van der Waals surface area contributed by atoms with Crippen LogP contribution >= 0.6 is 0 Å². The van der Waals surface area contributed by atoms with E-state index in [1.807, 2.05) is 13.8 Å². The highest BCUT2D eigenvalue weighted by Crippen LogP contribution is 1.83. The molecule has 80 valence electrons. The van der Waals surface area contributed by atoms with E-state index in [0.717, 1.165) is 13.1 Å². The molecule has 0 aromatic heterocycles. The number of hydrogen-bond donors (Lipinski definition) is 1. The van der Waals surface area contributed by atoms with Crippen LogP contribution in [0.1, 0.15) is 27.7 Å². The fourth-order valence-electron chi connectivity index (χ4n) is 0.777. The number of carbonyl (C=O) groups is 1. The van der Waals surface area contributed by atoms with Gasteiger partial charge in [0.15, 0.2) is 0 Å². The summed E-state index contributed by atoms with van der Waals surface area (Å²) in [6.45, 7) is 11.8. The van der Waals surface area contributed by atoms with Gasteiger partial charge in [-0.3, -0.25) is 0 Å². The molecule has 0 aliphatic carbocycles. The second-order valence-electron chi connectivity index (χ2n) is 2.96. The molecule has 0 unspecified atom stereocenters. The van der Waals surface area contributed by atoms with Crippen molar-refractivity contribution in [2.45, 2.75) is 27.7 Å². The molecule has 0 aromatic rings. The van der Waals surface area contributed by atoms with Crippen molar-refractivity contribution < 1.29 is 4.79 Å². The van der Waals surface area contributed by atoms with Crippen LogP contribution < -0.4 is 5.32 Å². The molecule has 0 saturated carbocycles. The van der Waals surface area contributed by atoms with Crippen LogP contribution in [0.3, 0.4) is 0 Å². The fourth-order valence-corrected chi connectivity index (χ4v) is 0.777. The van der Waals surface area contributed by atoms with Crippen molar-refractivity contribution in [1.29, 1.82) is 0 Å². The summed E-state index contributed by atoms with van der Waals surface area (Å²) in [6, 6.07) is 0. The van der Waals surface area contributed by atoms with Crippen molar-refractivity contribution in [3.05, 3.63) is 0 Å². The van der Waals surface area contributed by atoms with Crippen LogP contribution in [-0.4, -0.2) is 43.9 Å². The lowest BCUT2D eigenvalue weighted by Crippen LogP contribution is -2.40.